The Morgan fingerprint density at radius 2 is 1.60 bits per heavy atom. The van der Waals surface area contributed by atoms with E-state index in [4.69, 9.17) is 5.10 Å². The number of fused-ring (bicyclic) bond motifs is 1. The summed E-state index contributed by atoms with van der Waals surface area (Å²) in [6.45, 7) is 7.23. The van der Waals surface area contributed by atoms with E-state index >= 15 is 0 Å². The monoisotopic (exact) mass is 396 g/mol. The second-order valence-electron chi connectivity index (χ2n) is 8.08. The van der Waals surface area contributed by atoms with Gasteiger partial charge in [0.2, 0.25) is 0 Å². The van der Waals surface area contributed by atoms with Gasteiger partial charge in [0, 0.05) is 23.5 Å². The number of para-hydroxylation sites is 1. The minimum Gasteiger partial charge on any atom is -0.328 e. The summed E-state index contributed by atoms with van der Waals surface area (Å²) in [6, 6.07) is 18.3. The van der Waals surface area contributed by atoms with Crippen LogP contribution in [0.25, 0.3) is 11.5 Å². The lowest BCUT2D eigenvalue weighted by Crippen LogP contribution is -2.26. The molecule has 4 aromatic rings. The molecule has 1 aliphatic heterocycles. The van der Waals surface area contributed by atoms with E-state index < -0.39 is 0 Å². The van der Waals surface area contributed by atoms with Gasteiger partial charge in [0.05, 0.1) is 24.5 Å². The molecule has 0 bridgehead atoms. The highest BCUT2D eigenvalue weighted by Crippen LogP contribution is 2.32. The van der Waals surface area contributed by atoms with E-state index in [0.717, 1.165) is 45.0 Å². The molecular weight excluding hydrogens is 372 g/mol. The van der Waals surface area contributed by atoms with Gasteiger partial charge in [-0.05, 0) is 56.7 Å². The Bertz CT molecular complexity index is 1230. The lowest BCUT2D eigenvalue weighted by atomic mass is 10.1. The third-order valence-electron chi connectivity index (χ3n) is 5.68. The van der Waals surface area contributed by atoms with Crippen LogP contribution in [-0.2, 0) is 13.1 Å². The van der Waals surface area contributed by atoms with Gasteiger partial charge in [-0.3, -0.25) is 4.79 Å². The number of carbonyl (C=O) groups excluding carboxylic acids is 1. The summed E-state index contributed by atoms with van der Waals surface area (Å²) in [5, 5.41) is 4.94. The molecule has 2 aromatic heterocycles. The van der Waals surface area contributed by atoms with E-state index in [2.05, 4.69) is 29.7 Å². The van der Waals surface area contributed by atoms with Crippen molar-refractivity contribution in [3.8, 4) is 11.5 Å². The number of benzene rings is 2. The predicted molar refractivity (Wildman–Crippen MR) is 117 cm³/mol. The SMILES string of the molecule is Cc1cc(C)cc(C(=O)N2Cc3nn(-c4ccccc4C)c(-n4cccc4)c3C2)c1. The quantitative estimate of drug-likeness (QED) is 0.502. The Balaban J connectivity index is 1.56. The third-order valence-corrected chi connectivity index (χ3v) is 5.68. The summed E-state index contributed by atoms with van der Waals surface area (Å²) in [7, 11) is 0. The van der Waals surface area contributed by atoms with E-state index in [0.29, 0.717) is 13.1 Å². The van der Waals surface area contributed by atoms with Gasteiger partial charge in [-0.25, -0.2) is 4.68 Å². The van der Waals surface area contributed by atoms with Gasteiger partial charge in [0.15, 0.2) is 0 Å². The van der Waals surface area contributed by atoms with E-state index in [1.807, 2.05) is 72.2 Å². The summed E-state index contributed by atoms with van der Waals surface area (Å²) in [5.74, 6) is 1.06. The molecule has 0 saturated heterocycles. The van der Waals surface area contributed by atoms with Crippen LogP contribution in [0, 0.1) is 20.8 Å². The first kappa shape index (κ1) is 18.4. The summed E-state index contributed by atoms with van der Waals surface area (Å²) >= 11 is 0. The molecule has 0 N–H and O–H groups in total. The minimum atomic E-state index is 0.0562. The number of hydrogen-bond acceptors (Lipinski definition) is 2. The second-order valence-corrected chi connectivity index (χ2v) is 8.08. The maximum atomic E-state index is 13.2. The summed E-state index contributed by atoms with van der Waals surface area (Å²) in [6.07, 6.45) is 4.06. The van der Waals surface area contributed by atoms with Crippen molar-refractivity contribution < 1.29 is 4.79 Å². The molecule has 1 aliphatic rings. The fourth-order valence-corrected chi connectivity index (χ4v) is 4.34. The molecule has 0 atom stereocenters. The van der Waals surface area contributed by atoms with Crippen LogP contribution in [0.15, 0.2) is 67.0 Å². The van der Waals surface area contributed by atoms with E-state index in [1.165, 1.54) is 0 Å². The van der Waals surface area contributed by atoms with Crippen molar-refractivity contribution >= 4 is 5.91 Å². The Morgan fingerprint density at radius 1 is 0.900 bits per heavy atom. The summed E-state index contributed by atoms with van der Waals surface area (Å²) < 4.78 is 4.10. The Kier molecular flexibility index (Phi) is 4.31. The number of amides is 1. The van der Waals surface area contributed by atoms with Crippen LogP contribution in [0.2, 0.25) is 0 Å². The van der Waals surface area contributed by atoms with Gasteiger partial charge in [0.1, 0.15) is 5.82 Å². The van der Waals surface area contributed by atoms with Gasteiger partial charge >= 0.3 is 0 Å². The minimum absolute atomic E-state index is 0.0562. The van der Waals surface area contributed by atoms with Gasteiger partial charge in [-0.15, -0.1) is 0 Å². The number of hydrogen-bond donors (Lipinski definition) is 0. The Morgan fingerprint density at radius 3 is 2.30 bits per heavy atom. The predicted octanol–water partition coefficient (Wildman–Crippen LogP) is 4.74. The topological polar surface area (TPSA) is 43.1 Å². The molecule has 5 nitrogen and oxygen atoms in total. The zero-order valence-electron chi connectivity index (χ0n) is 17.5. The molecule has 5 rings (SSSR count). The zero-order valence-corrected chi connectivity index (χ0v) is 17.5. The fraction of sp³-hybridized carbons (Fsp3) is 0.200. The molecule has 0 aliphatic carbocycles. The largest absolute Gasteiger partial charge is 0.328 e. The van der Waals surface area contributed by atoms with Crippen LogP contribution in [0.1, 0.15) is 38.3 Å². The second kappa shape index (κ2) is 7.02. The fourth-order valence-electron chi connectivity index (χ4n) is 4.34. The Hall–Kier alpha value is -3.60. The number of nitrogens with zero attached hydrogens (tertiary/aromatic N) is 4. The first-order valence-electron chi connectivity index (χ1n) is 10.2. The molecule has 0 spiro atoms. The number of aromatic nitrogens is 3. The van der Waals surface area contributed by atoms with Crippen molar-refractivity contribution in [1.29, 1.82) is 0 Å². The Labute approximate surface area is 176 Å². The van der Waals surface area contributed by atoms with Crippen LogP contribution < -0.4 is 0 Å². The lowest BCUT2D eigenvalue weighted by Gasteiger charge is -2.18. The van der Waals surface area contributed by atoms with Gasteiger partial charge in [0.25, 0.3) is 5.91 Å². The van der Waals surface area contributed by atoms with Crippen LogP contribution in [0.5, 0.6) is 0 Å². The number of rotatable bonds is 3. The van der Waals surface area contributed by atoms with E-state index in [1.54, 1.807) is 0 Å². The highest BCUT2D eigenvalue weighted by molar-refractivity contribution is 5.95. The first-order valence-corrected chi connectivity index (χ1v) is 10.2. The molecule has 150 valence electrons. The van der Waals surface area contributed by atoms with E-state index in [-0.39, 0.29) is 5.91 Å². The van der Waals surface area contributed by atoms with Crippen molar-refractivity contribution in [3.05, 3.63) is 101 Å². The maximum Gasteiger partial charge on any atom is 0.254 e. The molecule has 1 amide bonds. The molecule has 5 heteroatoms. The molecule has 0 saturated carbocycles. The van der Waals surface area contributed by atoms with Crippen LogP contribution in [0.3, 0.4) is 0 Å². The highest BCUT2D eigenvalue weighted by atomic mass is 16.2. The number of aryl methyl sites for hydroxylation is 3. The van der Waals surface area contributed by atoms with Crippen molar-refractivity contribution in [3.63, 3.8) is 0 Å². The number of carbonyl (C=O) groups is 1. The van der Waals surface area contributed by atoms with Crippen molar-refractivity contribution in [2.24, 2.45) is 0 Å². The lowest BCUT2D eigenvalue weighted by molar-refractivity contribution is 0.0749. The molecule has 0 fully saturated rings. The highest BCUT2D eigenvalue weighted by Gasteiger charge is 2.32. The molecule has 30 heavy (non-hydrogen) atoms. The third kappa shape index (κ3) is 3.03. The normalized spacial score (nSPS) is 13.0. The van der Waals surface area contributed by atoms with Crippen LogP contribution >= 0.6 is 0 Å². The van der Waals surface area contributed by atoms with Gasteiger partial charge < -0.3 is 9.47 Å². The molecular formula is C25H24N4O. The molecule has 3 heterocycles. The first-order chi connectivity index (χ1) is 14.5. The zero-order chi connectivity index (χ0) is 20.8. The summed E-state index contributed by atoms with van der Waals surface area (Å²) in [4.78, 5) is 15.1. The van der Waals surface area contributed by atoms with Gasteiger partial charge in [-0.1, -0.05) is 35.4 Å². The van der Waals surface area contributed by atoms with Crippen LogP contribution in [0.4, 0.5) is 0 Å². The van der Waals surface area contributed by atoms with Crippen molar-refractivity contribution in [2.75, 3.05) is 0 Å². The van der Waals surface area contributed by atoms with Crippen molar-refractivity contribution in [1.82, 2.24) is 19.2 Å². The smallest absolute Gasteiger partial charge is 0.254 e. The average molecular weight is 396 g/mol. The van der Waals surface area contributed by atoms with Crippen LogP contribution in [-0.4, -0.2) is 25.2 Å². The average Bonchev–Trinajstić information content (AvgIpc) is 3.43. The molecule has 2 aromatic carbocycles. The summed E-state index contributed by atoms with van der Waals surface area (Å²) in [5.41, 5.74) is 7.23. The molecule has 0 radical (unpaired) electrons. The van der Waals surface area contributed by atoms with Gasteiger partial charge in [-0.2, -0.15) is 5.10 Å². The molecule has 0 unspecified atom stereocenters. The standard InChI is InChI=1S/C25H24N4O/c1-17-12-18(2)14-20(13-17)25(30)28-15-21-22(16-28)26-29(23-9-5-4-8-19(23)3)24(21)27-10-6-7-11-27/h4-14H,15-16H2,1-3H3. The van der Waals surface area contributed by atoms with Crippen molar-refractivity contribution in [2.45, 2.75) is 33.9 Å². The van der Waals surface area contributed by atoms with E-state index in [9.17, 15) is 4.79 Å². The maximum absolute atomic E-state index is 13.2.